The molecule has 3 atom stereocenters. The van der Waals surface area contributed by atoms with E-state index in [1.54, 1.807) is 12.1 Å². The number of amides is 1. The minimum absolute atomic E-state index is 0.0204. The van der Waals surface area contributed by atoms with E-state index in [2.05, 4.69) is 48.9 Å². The molecule has 4 fully saturated rings. The number of carbonyl (C=O) groups is 1. The van der Waals surface area contributed by atoms with Gasteiger partial charge in [0.2, 0.25) is 0 Å². The molecule has 48 heavy (non-hydrogen) atoms. The zero-order valence-electron chi connectivity index (χ0n) is 28.2. The second kappa shape index (κ2) is 14.3. The number of benzene rings is 2. The van der Waals surface area contributed by atoms with Crippen LogP contribution < -0.4 is 10.2 Å². The quantitative estimate of drug-likeness (QED) is 0.280. The van der Waals surface area contributed by atoms with Gasteiger partial charge in [-0.3, -0.25) is 0 Å². The largest absolute Gasteiger partial charge is 0.453 e. The first-order valence-corrected chi connectivity index (χ1v) is 17.9. The predicted octanol–water partition coefficient (Wildman–Crippen LogP) is 5.86. The highest BCUT2D eigenvalue weighted by Gasteiger charge is 2.53. The third-order valence-electron chi connectivity index (χ3n) is 11.8. The monoisotopic (exact) mass is 652 g/mol. The molecule has 9 heteroatoms. The number of aromatic nitrogens is 1. The summed E-state index contributed by atoms with van der Waals surface area (Å²) < 4.78 is 22.1. The molecule has 0 bridgehead atoms. The summed E-state index contributed by atoms with van der Waals surface area (Å²) in [4.78, 5) is 20.1. The predicted molar refractivity (Wildman–Crippen MR) is 185 cm³/mol. The molecule has 8 nitrogen and oxygen atoms in total. The lowest BCUT2D eigenvalue weighted by Crippen LogP contribution is -2.60. The maximum atomic E-state index is 15.0. The van der Waals surface area contributed by atoms with Crippen LogP contribution in [-0.2, 0) is 16.7 Å². The number of nitrogens with one attached hydrogen (secondary N) is 1. The molecule has 254 valence electrons. The van der Waals surface area contributed by atoms with E-state index in [1.807, 2.05) is 36.7 Å². The number of hydrogen-bond acceptors (Lipinski definition) is 6. The molecule has 3 aromatic rings. The SMILES string of the molecule is COC(=O)N[C@H]1CCC[C@@H]1C(CN1CCC1)(c1cccc(F)c1)C1CCN(CC2CN(c3ccc(C#N)c(Cn4cccc4)c3)C2)CC1. The molecule has 4 aliphatic rings. The van der Waals surface area contributed by atoms with Crippen molar-refractivity contribution in [3.05, 3.63) is 89.5 Å². The van der Waals surface area contributed by atoms with Gasteiger partial charge in [0.1, 0.15) is 5.82 Å². The smallest absolute Gasteiger partial charge is 0.407 e. The fraction of sp³-hybridized carbons (Fsp3) is 0.538. The van der Waals surface area contributed by atoms with Gasteiger partial charge in [0.15, 0.2) is 0 Å². The second-order valence-corrected chi connectivity index (χ2v) is 14.6. The van der Waals surface area contributed by atoms with E-state index in [0.29, 0.717) is 18.4 Å². The van der Waals surface area contributed by atoms with Gasteiger partial charge in [0.05, 0.1) is 18.7 Å². The minimum Gasteiger partial charge on any atom is -0.453 e. The Kier molecular flexibility index (Phi) is 9.74. The van der Waals surface area contributed by atoms with Gasteiger partial charge in [-0.25, -0.2) is 9.18 Å². The summed E-state index contributed by atoms with van der Waals surface area (Å²) >= 11 is 0. The number of ether oxygens (including phenoxy) is 1. The molecular weight excluding hydrogens is 603 g/mol. The van der Waals surface area contributed by atoms with Crippen LogP contribution in [0, 0.1) is 34.9 Å². The number of carbonyl (C=O) groups excluding carboxylic acids is 1. The van der Waals surface area contributed by atoms with Crippen molar-refractivity contribution < 1.29 is 13.9 Å². The van der Waals surface area contributed by atoms with Crippen LogP contribution in [0.1, 0.15) is 55.2 Å². The van der Waals surface area contributed by atoms with Crippen molar-refractivity contribution in [1.29, 1.82) is 5.26 Å². The van der Waals surface area contributed by atoms with Crippen LogP contribution in [0.2, 0.25) is 0 Å². The van der Waals surface area contributed by atoms with Crippen molar-refractivity contribution >= 4 is 11.8 Å². The van der Waals surface area contributed by atoms with Crippen LogP contribution in [-0.4, -0.2) is 86.0 Å². The Morgan fingerprint density at radius 3 is 2.46 bits per heavy atom. The lowest BCUT2D eigenvalue weighted by atomic mass is 9.57. The Morgan fingerprint density at radius 1 is 0.979 bits per heavy atom. The van der Waals surface area contributed by atoms with E-state index < -0.39 is 0 Å². The summed E-state index contributed by atoms with van der Waals surface area (Å²) in [5.74, 6) is 1.06. The van der Waals surface area contributed by atoms with Gasteiger partial charge in [-0.15, -0.1) is 0 Å². The Hall–Kier alpha value is -3.87. The fourth-order valence-corrected chi connectivity index (χ4v) is 9.32. The first-order chi connectivity index (χ1) is 23.4. The molecule has 1 N–H and O–H groups in total. The van der Waals surface area contributed by atoms with Gasteiger partial charge < -0.3 is 29.3 Å². The first kappa shape index (κ1) is 32.7. The normalized spacial score (nSPS) is 23.6. The third-order valence-corrected chi connectivity index (χ3v) is 11.8. The molecule has 0 radical (unpaired) electrons. The molecule has 4 heterocycles. The van der Waals surface area contributed by atoms with Gasteiger partial charge in [0, 0.05) is 68.2 Å². The maximum Gasteiger partial charge on any atom is 0.407 e. The number of alkyl carbamates (subject to hydrolysis) is 1. The average molecular weight is 653 g/mol. The minimum atomic E-state index is -0.369. The second-order valence-electron chi connectivity index (χ2n) is 14.6. The number of halogens is 1. The van der Waals surface area contributed by atoms with Gasteiger partial charge in [-0.2, -0.15) is 5.26 Å². The van der Waals surface area contributed by atoms with Crippen molar-refractivity contribution in [2.75, 3.05) is 64.4 Å². The zero-order chi connectivity index (χ0) is 33.1. The highest BCUT2D eigenvalue weighted by Crippen LogP contribution is 2.51. The topological polar surface area (TPSA) is 76.8 Å². The highest BCUT2D eigenvalue weighted by molar-refractivity contribution is 5.67. The van der Waals surface area contributed by atoms with E-state index in [1.165, 1.54) is 19.2 Å². The van der Waals surface area contributed by atoms with Crippen molar-refractivity contribution in [3.63, 3.8) is 0 Å². The Morgan fingerprint density at radius 2 is 1.77 bits per heavy atom. The van der Waals surface area contributed by atoms with E-state index in [0.717, 1.165) is 101 Å². The van der Waals surface area contributed by atoms with Crippen LogP contribution >= 0.6 is 0 Å². The number of likely N-dealkylation sites (tertiary alicyclic amines) is 2. The number of nitriles is 1. The Balaban J connectivity index is 1.03. The number of nitrogens with zero attached hydrogens (tertiary/aromatic N) is 5. The van der Waals surface area contributed by atoms with E-state index in [9.17, 15) is 14.4 Å². The molecule has 1 aliphatic carbocycles. The third kappa shape index (κ3) is 6.70. The van der Waals surface area contributed by atoms with Crippen molar-refractivity contribution in [1.82, 2.24) is 19.7 Å². The molecule has 3 aliphatic heterocycles. The standard InChI is InChI=1S/C39H49FN6O2/c1-48-38(47)42-37-10-5-9-36(37)39(28-45-17-6-18-45,33-7-4-8-34(40)22-33)32-13-19-44(20-14-32)24-29-25-46(26-29)35-12-11-30(23-41)31(21-35)27-43-15-2-3-16-43/h2-4,7-8,11-12,15-16,21-22,29,32,36-37H,5-6,9-10,13-14,17-20,24-28H2,1H3,(H,42,47)/t36-,37-,39?/m0/s1. The van der Waals surface area contributed by atoms with Crippen LogP contribution in [0.25, 0.3) is 0 Å². The Bertz CT molecular complexity index is 1590. The van der Waals surface area contributed by atoms with Gasteiger partial charge in [-0.05, 0) is 124 Å². The molecule has 1 unspecified atom stereocenters. The van der Waals surface area contributed by atoms with Crippen LogP contribution in [0.4, 0.5) is 14.9 Å². The molecule has 0 spiro atoms. The fourth-order valence-electron chi connectivity index (χ4n) is 9.32. The van der Waals surface area contributed by atoms with E-state index in [-0.39, 0.29) is 29.3 Å². The van der Waals surface area contributed by atoms with Crippen LogP contribution in [0.5, 0.6) is 0 Å². The molecule has 1 aromatic heterocycles. The summed E-state index contributed by atoms with van der Waals surface area (Å²) in [5, 5.41) is 12.9. The lowest BCUT2D eigenvalue weighted by molar-refractivity contribution is 0.0223. The molecule has 2 aromatic carbocycles. The summed E-state index contributed by atoms with van der Waals surface area (Å²) in [6.45, 7) is 9.01. The lowest BCUT2D eigenvalue weighted by Gasteiger charge is -2.54. The number of anilines is 1. The molecule has 3 saturated heterocycles. The number of rotatable bonds is 11. The number of piperidine rings is 1. The molecule has 1 amide bonds. The van der Waals surface area contributed by atoms with Crippen molar-refractivity contribution in [2.45, 2.75) is 56.5 Å². The van der Waals surface area contributed by atoms with Crippen LogP contribution in [0.15, 0.2) is 67.0 Å². The van der Waals surface area contributed by atoms with Crippen molar-refractivity contribution in [2.24, 2.45) is 17.8 Å². The summed E-state index contributed by atoms with van der Waals surface area (Å²) in [7, 11) is 1.43. The van der Waals surface area contributed by atoms with Gasteiger partial charge in [-0.1, -0.05) is 18.6 Å². The molecular formula is C39H49FN6O2. The van der Waals surface area contributed by atoms with E-state index >= 15 is 0 Å². The van der Waals surface area contributed by atoms with Crippen molar-refractivity contribution in [3.8, 4) is 6.07 Å². The zero-order valence-corrected chi connectivity index (χ0v) is 28.2. The van der Waals surface area contributed by atoms with Gasteiger partial charge >= 0.3 is 6.09 Å². The molecule has 7 rings (SSSR count). The summed E-state index contributed by atoms with van der Waals surface area (Å²) in [5.41, 5.74) is 3.86. The van der Waals surface area contributed by atoms with Crippen LogP contribution in [0.3, 0.4) is 0 Å². The Labute approximate surface area is 284 Å². The molecule has 1 saturated carbocycles. The van der Waals surface area contributed by atoms with E-state index in [4.69, 9.17) is 4.74 Å². The highest BCUT2D eigenvalue weighted by atomic mass is 19.1. The number of methoxy groups -OCH3 is 1. The first-order valence-electron chi connectivity index (χ1n) is 17.9. The van der Waals surface area contributed by atoms with Gasteiger partial charge in [0.25, 0.3) is 0 Å². The summed E-state index contributed by atoms with van der Waals surface area (Å²) in [6, 6.07) is 20.0. The summed E-state index contributed by atoms with van der Waals surface area (Å²) in [6.07, 6.45) is 10.1. The number of hydrogen-bond donors (Lipinski definition) is 1. The maximum absolute atomic E-state index is 15.0. The average Bonchev–Trinajstić information content (AvgIpc) is 3.75.